The van der Waals surface area contributed by atoms with Gasteiger partial charge in [-0.3, -0.25) is 9.78 Å². The molecule has 4 nitrogen and oxygen atoms in total. The third kappa shape index (κ3) is 2.09. The number of fused-ring (bicyclic) bond motifs is 1. The minimum atomic E-state index is -0.0712. The summed E-state index contributed by atoms with van der Waals surface area (Å²) in [6.07, 6.45) is 2.51. The molecule has 3 rings (SSSR count). The van der Waals surface area contributed by atoms with Crippen LogP contribution < -0.4 is 5.56 Å². The van der Waals surface area contributed by atoms with E-state index in [1.807, 2.05) is 37.3 Å². The van der Waals surface area contributed by atoms with Gasteiger partial charge in [-0.2, -0.15) is 0 Å². The monoisotopic (exact) mass is 265 g/mol. The van der Waals surface area contributed by atoms with Gasteiger partial charge in [-0.15, -0.1) is 0 Å². The van der Waals surface area contributed by atoms with E-state index in [9.17, 15) is 4.79 Å². The molecular weight excluding hydrogens is 250 g/mol. The zero-order valence-corrected chi connectivity index (χ0v) is 11.5. The van der Waals surface area contributed by atoms with Crippen LogP contribution in [0.25, 0.3) is 22.3 Å². The molecule has 1 N–H and O–H groups in total. The number of aromatic nitrogens is 3. The molecule has 0 spiro atoms. The Morgan fingerprint density at radius 3 is 2.90 bits per heavy atom. The maximum atomic E-state index is 11.9. The lowest BCUT2D eigenvalue weighted by Gasteiger charge is -2.07. The lowest BCUT2D eigenvalue weighted by Crippen LogP contribution is -2.15. The number of pyridine rings is 1. The topological polar surface area (TPSA) is 58.6 Å². The Bertz CT molecular complexity index is 836. The summed E-state index contributed by atoms with van der Waals surface area (Å²) in [5.41, 5.74) is 3.30. The molecule has 100 valence electrons. The smallest absolute Gasteiger partial charge is 0.254 e. The Labute approximate surface area is 116 Å². The zero-order valence-electron chi connectivity index (χ0n) is 11.5. The van der Waals surface area contributed by atoms with Gasteiger partial charge < -0.3 is 4.98 Å². The van der Waals surface area contributed by atoms with Gasteiger partial charge in [-0.1, -0.05) is 13.0 Å². The minimum Gasteiger partial charge on any atom is -0.306 e. The molecule has 2 heterocycles. The van der Waals surface area contributed by atoms with Crippen molar-refractivity contribution in [2.75, 3.05) is 0 Å². The lowest BCUT2D eigenvalue weighted by molar-refractivity contribution is 0.955. The molecule has 0 saturated heterocycles. The van der Waals surface area contributed by atoms with Crippen LogP contribution >= 0.6 is 0 Å². The van der Waals surface area contributed by atoms with E-state index in [-0.39, 0.29) is 5.56 Å². The molecule has 0 radical (unpaired) electrons. The molecular formula is C16H15N3O. The van der Waals surface area contributed by atoms with Crippen molar-refractivity contribution in [2.24, 2.45) is 0 Å². The third-order valence-corrected chi connectivity index (χ3v) is 3.46. The maximum Gasteiger partial charge on any atom is 0.254 e. The molecule has 20 heavy (non-hydrogen) atoms. The molecule has 0 atom stereocenters. The molecule has 0 unspecified atom stereocenters. The number of aryl methyl sites for hydroxylation is 1. The Morgan fingerprint density at radius 2 is 2.10 bits per heavy atom. The van der Waals surface area contributed by atoms with Crippen molar-refractivity contribution in [1.29, 1.82) is 0 Å². The average molecular weight is 265 g/mol. The summed E-state index contributed by atoms with van der Waals surface area (Å²) < 4.78 is 0. The maximum absolute atomic E-state index is 11.9. The highest BCUT2D eigenvalue weighted by molar-refractivity contribution is 5.83. The van der Waals surface area contributed by atoms with Gasteiger partial charge in [-0.25, -0.2) is 4.98 Å². The van der Waals surface area contributed by atoms with E-state index in [1.165, 1.54) is 0 Å². The van der Waals surface area contributed by atoms with Gasteiger partial charge in [0.15, 0.2) is 0 Å². The van der Waals surface area contributed by atoms with E-state index in [1.54, 1.807) is 13.1 Å². The Hall–Kier alpha value is -2.49. The number of aromatic amines is 1. The van der Waals surface area contributed by atoms with Crippen molar-refractivity contribution in [3.8, 4) is 11.4 Å². The Morgan fingerprint density at radius 1 is 1.25 bits per heavy atom. The second-order valence-electron chi connectivity index (χ2n) is 4.75. The van der Waals surface area contributed by atoms with Gasteiger partial charge in [-0.05, 0) is 37.6 Å². The van der Waals surface area contributed by atoms with Crippen LogP contribution in [-0.4, -0.2) is 15.0 Å². The van der Waals surface area contributed by atoms with E-state index in [0.717, 1.165) is 28.6 Å². The first kappa shape index (κ1) is 12.5. The van der Waals surface area contributed by atoms with E-state index in [2.05, 4.69) is 15.0 Å². The van der Waals surface area contributed by atoms with Crippen LogP contribution in [0.4, 0.5) is 0 Å². The zero-order chi connectivity index (χ0) is 14.1. The number of H-pyrrole nitrogens is 1. The third-order valence-electron chi connectivity index (χ3n) is 3.46. The molecule has 4 heteroatoms. The summed E-state index contributed by atoms with van der Waals surface area (Å²) in [7, 11) is 0. The number of rotatable bonds is 2. The second-order valence-corrected chi connectivity index (χ2v) is 4.75. The highest BCUT2D eigenvalue weighted by Crippen LogP contribution is 2.20. The predicted molar refractivity (Wildman–Crippen MR) is 79.7 cm³/mol. The average Bonchev–Trinajstić information content (AvgIpc) is 2.49. The summed E-state index contributed by atoms with van der Waals surface area (Å²) >= 11 is 0. The molecule has 0 amide bonds. The fraction of sp³-hybridized carbons (Fsp3) is 0.188. The minimum absolute atomic E-state index is 0.0712. The fourth-order valence-corrected chi connectivity index (χ4v) is 2.28. The van der Waals surface area contributed by atoms with Crippen molar-refractivity contribution >= 4 is 10.9 Å². The van der Waals surface area contributed by atoms with Crippen LogP contribution in [0.5, 0.6) is 0 Å². The van der Waals surface area contributed by atoms with Crippen LogP contribution in [0.3, 0.4) is 0 Å². The van der Waals surface area contributed by atoms with E-state index < -0.39 is 0 Å². The molecule has 2 aromatic heterocycles. The Balaban J connectivity index is 2.20. The predicted octanol–water partition coefficient (Wildman–Crippen LogP) is 2.86. The standard InChI is InChI=1S/C16H15N3O/c1-3-13-10(2)16(20)19-15(18-13)12-6-7-14-11(9-12)5-4-8-17-14/h4-9H,3H2,1-2H3,(H,18,19,20). The van der Waals surface area contributed by atoms with Crippen molar-refractivity contribution in [3.63, 3.8) is 0 Å². The summed E-state index contributed by atoms with van der Waals surface area (Å²) in [5, 5.41) is 1.03. The molecule has 3 aromatic rings. The van der Waals surface area contributed by atoms with Crippen LogP contribution in [0.1, 0.15) is 18.2 Å². The van der Waals surface area contributed by atoms with Crippen molar-refractivity contribution in [2.45, 2.75) is 20.3 Å². The second kappa shape index (κ2) is 4.89. The lowest BCUT2D eigenvalue weighted by atomic mass is 10.1. The summed E-state index contributed by atoms with van der Waals surface area (Å²) in [6, 6.07) is 9.77. The van der Waals surface area contributed by atoms with Gasteiger partial charge in [0.1, 0.15) is 5.82 Å². The molecule has 1 aromatic carbocycles. The van der Waals surface area contributed by atoms with Gasteiger partial charge in [0, 0.05) is 22.7 Å². The van der Waals surface area contributed by atoms with E-state index in [4.69, 9.17) is 0 Å². The molecule has 0 bridgehead atoms. The summed E-state index contributed by atoms with van der Waals surface area (Å²) in [4.78, 5) is 23.6. The number of hydrogen-bond donors (Lipinski definition) is 1. The largest absolute Gasteiger partial charge is 0.306 e. The van der Waals surface area contributed by atoms with Crippen LogP contribution in [0.2, 0.25) is 0 Å². The molecule has 0 aliphatic heterocycles. The summed E-state index contributed by atoms with van der Waals surface area (Å²) in [6.45, 7) is 3.81. The number of nitrogens with zero attached hydrogens (tertiary/aromatic N) is 2. The Kier molecular flexibility index (Phi) is 3.06. The van der Waals surface area contributed by atoms with Gasteiger partial charge >= 0.3 is 0 Å². The van der Waals surface area contributed by atoms with Crippen LogP contribution in [0.15, 0.2) is 41.3 Å². The highest BCUT2D eigenvalue weighted by atomic mass is 16.1. The van der Waals surface area contributed by atoms with Crippen LogP contribution in [0, 0.1) is 6.92 Å². The fourth-order valence-electron chi connectivity index (χ4n) is 2.28. The normalized spacial score (nSPS) is 10.9. The molecule has 0 fully saturated rings. The summed E-state index contributed by atoms with van der Waals surface area (Å²) in [5.74, 6) is 0.614. The quantitative estimate of drug-likeness (QED) is 0.775. The number of nitrogens with one attached hydrogen (secondary N) is 1. The van der Waals surface area contributed by atoms with Crippen molar-refractivity contribution < 1.29 is 0 Å². The van der Waals surface area contributed by atoms with Gasteiger partial charge in [0.2, 0.25) is 0 Å². The van der Waals surface area contributed by atoms with Crippen molar-refractivity contribution in [1.82, 2.24) is 15.0 Å². The SMILES string of the molecule is CCc1nc(-c2ccc3ncccc3c2)[nH]c(=O)c1C. The van der Waals surface area contributed by atoms with E-state index >= 15 is 0 Å². The first-order valence-electron chi connectivity index (χ1n) is 6.64. The molecule has 0 saturated carbocycles. The highest BCUT2D eigenvalue weighted by Gasteiger charge is 2.08. The van der Waals surface area contributed by atoms with E-state index in [0.29, 0.717) is 11.4 Å². The van der Waals surface area contributed by atoms with Gasteiger partial charge in [0.25, 0.3) is 5.56 Å². The van der Waals surface area contributed by atoms with Crippen molar-refractivity contribution in [3.05, 3.63) is 58.1 Å². The first-order valence-corrected chi connectivity index (χ1v) is 6.64. The number of hydrogen-bond acceptors (Lipinski definition) is 3. The first-order chi connectivity index (χ1) is 9.69. The van der Waals surface area contributed by atoms with Gasteiger partial charge in [0.05, 0.1) is 11.2 Å². The molecule has 0 aliphatic carbocycles. The molecule has 0 aliphatic rings. The van der Waals surface area contributed by atoms with Crippen LogP contribution in [-0.2, 0) is 6.42 Å². The number of benzene rings is 1.